The molecule has 2 N–H and O–H groups in total. The van der Waals surface area contributed by atoms with Gasteiger partial charge >= 0.3 is 6.09 Å². The zero-order valence-electron chi connectivity index (χ0n) is 8.01. The maximum Gasteiger partial charge on any atom is 0.404 e. The average Bonchev–Trinajstić information content (AvgIpc) is 2.00. The summed E-state index contributed by atoms with van der Waals surface area (Å²) in [6, 6.07) is 0. The summed E-state index contributed by atoms with van der Waals surface area (Å²) >= 11 is 0. The first-order chi connectivity index (χ1) is 5.70. The second kappa shape index (κ2) is 6.95. The third-order valence-electron chi connectivity index (χ3n) is 1.77. The summed E-state index contributed by atoms with van der Waals surface area (Å²) in [4.78, 5) is 10.4. The van der Waals surface area contributed by atoms with Crippen LogP contribution in [-0.4, -0.2) is 12.2 Å². The first kappa shape index (κ1) is 11.3. The molecule has 0 rings (SSSR count). The largest absolute Gasteiger partial charge is 0.446 e. The lowest BCUT2D eigenvalue weighted by molar-refractivity contribution is 0.0939. The highest BCUT2D eigenvalue weighted by atomic mass is 16.6. The van der Waals surface area contributed by atoms with E-state index in [9.17, 15) is 4.79 Å². The van der Waals surface area contributed by atoms with Gasteiger partial charge in [0.2, 0.25) is 0 Å². The summed E-state index contributed by atoms with van der Waals surface area (Å²) in [6.07, 6.45) is 4.50. The van der Waals surface area contributed by atoms with E-state index in [4.69, 9.17) is 10.5 Å². The Hall–Kier alpha value is -0.730. The third-order valence-corrected chi connectivity index (χ3v) is 1.77. The first-order valence-corrected chi connectivity index (χ1v) is 4.66. The summed E-state index contributed by atoms with van der Waals surface area (Å²) < 4.78 is 4.93. The van der Waals surface area contributed by atoms with Crippen LogP contribution in [0.25, 0.3) is 0 Å². The number of primary amides is 1. The fraction of sp³-hybridized carbons (Fsp3) is 0.889. The van der Waals surface area contributed by atoms with Gasteiger partial charge in [-0.3, -0.25) is 0 Å². The minimum atomic E-state index is -0.649. The number of carbonyl (C=O) groups is 1. The fourth-order valence-corrected chi connectivity index (χ4v) is 1.18. The van der Waals surface area contributed by atoms with Gasteiger partial charge in [-0.05, 0) is 12.8 Å². The van der Waals surface area contributed by atoms with Crippen LogP contribution < -0.4 is 5.73 Å². The second-order valence-corrected chi connectivity index (χ2v) is 2.99. The molecule has 1 amide bonds. The van der Waals surface area contributed by atoms with Crippen LogP contribution in [0.5, 0.6) is 0 Å². The molecule has 1 atom stereocenters. The van der Waals surface area contributed by atoms with Gasteiger partial charge in [0.1, 0.15) is 6.10 Å². The van der Waals surface area contributed by atoms with Crippen LogP contribution in [0.2, 0.25) is 0 Å². The Morgan fingerprint density at radius 1 is 1.33 bits per heavy atom. The van der Waals surface area contributed by atoms with Crippen molar-refractivity contribution in [2.24, 2.45) is 5.73 Å². The van der Waals surface area contributed by atoms with Crippen molar-refractivity contribution in [3.05, 3.63) is 0 Å². The Morgan fingerprint density at radius 2 is 2.00 bits per heavy atom. The van der Waals surface area contributed by atoms with Crippen molar-refractivity contribution in [2.75, 3.05) is 0 Å². The monoisotopic (exact) mass is 173 g/mol. The van der Waals surface area contributed by atoms with Gasteiger partial charge in [-0.1, -0.05) is 33.1 Å². The zero-order valence-corrected chi connectivity index (χ0v) is 8.01. The predicted molar refractivity (Wildman–Crippen MR) is 48.9 cm³/mol. The van der Waals surface area contributed by atoms with Crippen molar-refractivity contribution in [3.8, 4) is 0 Å². The highest BCUT2D eigenvalue weighted by Crippen LogP contribution is 2.10. The van der Waals surface area contributed by atoms with Gasteiger partial charge < -0.3 is 10.5 Å². The van der Waals surface area contributed by atoms with Crippen molar-refractivity contribution < 1.29 is 9.53 Å². The van der Waals surface area contributed by atoms with E-state index in [-0.39, 0.29) is 6.10 Å². The highest BCUT2D eigenvalue weighted by molar-refractivity contribution is 5.64. The molecular weight excluding hydrogens is 154 g/mol. The Labute approximate surface area is 74.3 Å². The lowest BCUT2D eigenvalue weighted by Crippen LogP contribution is -2.22. The highest BCUT2D eigenvalue weighted by Gasteiger charge is 2.09. The van der Waals surface area contributed by atoms with Crippen molar-refractivity contribution in [2.45, 2.75) is 52.1 Å². The smallest absolute Gasteiger partial charge is 0.404 e. The van der Waals surface area contributed by atoms with E-state index in [0.29, 0.717) is 0 Å². The Morgan fingerprint density at radius 3 is 2.42 bits per heavy atom. The molecule has 0 aromatic rings. The van der Waals surface area contributed by atoms with Gasteiger partial charge in [-0.25, -0.2) is 4.79 Å². The summed E-state index contributed by atoms with van der Waals surface area (Å²) in [5.74, 6) is 0. The van der Waals surface area contributed by atoms with Crippen molar-refractivity contribution >= 4 is 6.09 Å². The Kier molecular flexibility index (Phi) is 6.53. The Balaban J connectivity index is 3.61. The van der Waals surface area contributed by atoms with Crippen molar-refractivity contribution in [1.82, 2.24) is 0 Å². The quantitative estimate of drug-likeness (QED) is 0.670. The molecule has 0 aromatic heterocycles. The molecule has 0 aromatic carbocycles. The van der Waals surface area contributed by atoms with Crippen LogP contribution in [-0.2, 0) is 4.74 Å². The minimum Gasteiger partial charge on any atom is -0.446 e. The van der Waals surface area contributed by atoms with Gasteiger partial charge in [0, 0.05) is 0 Å². The topological polar surface area (TPSA) is 52.3 Å². The normalized spacial score (nSPS) is 12.5. The summed E-state index contributed by atoms with van der Waals surface area (Å²) in [6.45, 7) is 4.19. The van der Waals surface area contributed by atoms with Gasteiger partial charge in [0.05, 0.1) is 0 Å². The van der Waals surface area contributed by atoms with Gasteiger partial charge in [0.25, 0.3) is 0 Å². The fourth-order valence-electron chi connectivity index (χ4n) is 1.18. The van der Waals surface area contributed by atoms with Crippen LogP contribution in [0.3, 0.4) is 0 Å². The molecule has 0 radical (unpaired) electrons. The van der Waals surface area contributed by atoms with E-state index in [2.05, 4.69) is 13.8 Å². The molecule has 0 aliphatic heterocycles. The lowest BCUT2D eigenvalue weighted by atomic mass is 10.1. The average molecular weight is 173 g/mol. The van der Waals surface area contributed by atoms with Crippen molar-refractivity contribution in [1.29, 1.82) is 0 Å². The molecule has 0 heterocycles. The first-order valence-electron chi connectivity index (χ1n) is 4.66. The maximum absolute atomic E-state index is 10.4. The lowest BCUT2D eigenvalue weighted by Gasteiger charge is -2.14. The van der Waals surface area contributed by atoms with Crippen LogP contribution in [0.4, 0.5) is 4.79 Å². The number of ether oxygens (including phenoxy) is 1. The molecule has 0 spiro atoms. The van der Waals surface area contributed by atoms with E-state index in [1.54, 1.807) is 0 Å². The predicted octanol–water partition coefficient (Wildman–Crippen LogP) is 2.44. The number of nitrogens with two attached hydrogens (primary N) is 1. The number of hydrogen-bond donors (Lipinski definition) is 1. The molecule has 0 saturated carbocycles. The SMILES string of the molecule is CCCC[C@H](CCC)OC(N)=O. The van der Waals surface area contributed by atoms with E-state index in [1.807, 2.05) is 0 Å². The van der Waals surface area contributed by atoms with Gasteiger partial charge in [-0.2, -0.15) is 0 Å². The molecule has 0 aliphatic carbocycles. The number of carbonyl (C=O) groups excluding carboxylic acids is 1. The molecular formula is C9H19NO2. The second-order valence-electron chi connectivity index (χ2n) is 2.99. The summed E-state index contributed by atoms with van der Waals surface area (Å²) in [5.41, 5.74) is 4.93. The summed E-state index contributed by atoms with van der Waals surface area (Å²) in [5, 5.41) is 0. The van der Waals surface area contributed by atoms with Crippen LogP contribution in [0.15, 0.2) is 0 Å². The molecule has 0 fully saturated rings. The third kappa shape index (κ3) is 6.01. The van der Waals surface area contributed by atoms with E-state index >= 15 is 0 Å². The van der Waals surface area contributed by atoms with Crippen LogP contribution in [0.1, 0.15) is 46.0 Å². The molecule has 0 unspecified atom stereocenters. The standard InChI is InChI=1S/C9H19NO2/c1-3-5-7-8(6-4-2)12-9(10)11/h8H,3-7H2,1-2H3,(H2,10,11)/t8-/m0/s1. The molecule has 12 heavy (non-hydrogen) atoms. The molecule has 0 bridgehead atoms. The van der Waals surface area contributed by atoms with Crippen LogP contribution in [0, 0.1) is 0 Å². The molecule has 0 saturated heterocycles. The van der Waals surface area contributed by atoms with E-state index < -0.39 is 6.09 Å². The molecule has 3 heteroatoms. The zero-order chi connectivity index (χ0) is 9.40. The maximum atomic E-state index is 10.4. The number of unbranched alkanes of at least 4 members (excludes halogenated alkanes) is 1. The Bertz CT molecular complexity index is 126. The molecule has 72 valence electrons. The number of rotatable bonds is 6. The number of hydrogen-bond acceptors (Lipinski definition) is 2. The van der Waals surface area contributed by atoms with Gasteiger partial charge in [0.15, 0.2) is 0 Å². The number of amides is 1. The van der Waals surface area contributed by atoms with Crippen LogP contribution >= 0.6 is 0 Å². The minimum absolute atomic E-state index is 0.0347. The van der Waals surface area contributed by atoms with Gasteiger partial charge in [-0.15, -0.1) is 0 Å². The van der Waals surface area contributed by atoms with E-state index in [0.717, 1.165) is 32.1 Å². The summed E-state index contributed by atoms with van der Waals surface area (Å²) in [7, 11) is 0. The van der Waals surface area contributed by atoms with Crippen molar-refractivity contribution in [3.63, 3.8) is 0 Å². The molecule has 0 aliphatic rings. The van der Waals surface area contributed by atoms with E-state index in [1.165, 1.54) is 0 Å². The molecule has 3 nitrogen and oxygen atoms in total.